The number of unbranched alkanes of at least 4 members (excludes halogenated alkanes) is 6. The number of allylic oxidation sites excluding steroid dienone is 3. The largest absolute Gasteiger partial charge is 0.394 e. The van der Waals surface area contributed by atoms with E-state index in [2.05, 4.69) is 20.4 Å². The van der Waals surface area contributed by atoms with E-state index in [0.717, 1.165) is 28.8 Å². The molecule has 0 fully saturated rings. The van der Waals surface area contributed by atoms with Crippen LogP contribution < -0.4 is 16.1 Å². The van der Waals surface area contributed by atoms with Crippen molar-refractivity contribution in [2.45, 2.75) is 120 Å². The number of carbonyl (C=O) groups excluding carboxylic acids is 2. The monoisotopic (exact) mass is 625 g/mol. The first-order valence-corrected chi connectivity index (χ1v) is 17.4. The van der Waals surface area contributed by atoms with Crippen molar-refractivity contribution in [3.8, 4) is 0 Å². The first kappa shape index (κ1) is 42.3. The standard InChI is InChI=1S/C27H28BN3O2.C9H20.2C2H6/c1-5-7-25(21-9-8-17(3)23(28)14-21)30-22(6-2)16-24(29)27(33)31-13-12-19-10-11-20(18(4)32)15-26(19)31;1-3-5-7-9-8-6-4-2;2*1-2/h5,7-11,14-16H,1,6,12-13,29H2,2-4H3;3-9H2,1-2H3;2*1-2H3/b24-16-,25-7-,30-22+;;;. The van der Waals surface area contributed by atoms with E-state index < -0.39 is 0 Å². The van der Waals surface area contributed by atoms with Gasteiger partial charge in [0.25, 0.3) is 5.91 Å². The molecule has 2 aromatic rings. The van der Waals surface area contributed by atoms with Crippen molar-refractivity contribution in [1.29, 1.82) is 0 Å². The van der Waals surface area contributed by atoms with Crippen LogP contribution in [0.5, 0.6) is 0 Å². The van der Waals surface area contributed by atoms with Gasteiger partial charge in [0.15, 0.2) is 5.78 Å². The number of anilines is 1. The van der Waals surface area contributed by atoms with E-state index in [1.54, 1.807) is 35.3 Å². The first-order valence-electron chi connectivity index (χ1n) is 17.4. The fourth-order valence-electron chi connectivity index (χ4n) is 4.71. The van der Waals surface area contributed by atoms with E-state index in [9.17, 15) is 9.59 Å². The lowest BCUT2D eigenvalue weighted by molar-refractivity contribution is -0.115. The minimum absolute atomic E-state index is 0.0423. The highest BCUT2D eigenvalue weighted by molar-refractivity contribution is 6.33. The zero-order chi connectivity index (χ0) is 35.1. The van der Waals surface area contributed by atoms with Crippen LogP contribution in [0.4, 0.5) is 5.69 Å². The third-order valence-electron chi connectivity index (χ3n) is 7.39. The normalized spacial score (nSPS) is 12.5. The Kier molecular flexibility index (Phi) is 22.6. The minimum Gasteiger partial charge on any atom is -0.394 e. The summed E-state index contributed by atoms with van der Waals surface area (Å²) in [7, 11) is 6.07. The van der Waals surface area contributed by atoms with E-state index in [1.807, 2.05) is 65.8 Å². The van der Waals surface area contributed by atoms with Crippen LogP contribution in [0.15, 0.2) is 71.9 Å². The molecular weight excluding hydrogens is 565 g/mol. The smallest absolute Gasteiger partial charge is 0.274 e. The zero-order valence-electron chi connectivity index (χ0n) is 30.3. The van der Waals surface area contributed by atoms with Crippen molar-refractivity contribution in [2.24, 2.45) is 10.7 Å². The number of aliphatic imine (C=N–C) groups is 1. The van der Waals surface area contributed by atoms with Gasteiger partial charge in [-0.2, -0.15) is 0 Å². The summed E-state index contributed by atoms with van der Waals surface area (Å²) in [4.78, 5) is 31.3. The van der Waals surface area contributed by atoms with E-state index >= 15 is 0 Å². The molecule has 1 amide bonds. The maximum Gasteiger partial charge on any atom is 0.274 e. The minimum atomic E-state index is -0.301. The summed E-state index contributed by atoms with van der Waals surface area (Å²) in [5.41, 5.74) is 12.5. The number of nitrogens with two attached hydrogens (primary N) is 1. The Hall–Kier alpha value is -3.67. The lowest BCUT2D eigenvalue weighted by Crippen LogP contribution is -2.33. The molecule has 0 saturated heterocycles. The Bertz CT molecular complexity index is 1320. The molecule has 0 atom stereocenters. The topological polar surface area (TPSA) is 75.8 Å². The highest BCUT2D eigenvalue weighted by Gasteiger charge is 2.26. The third kappa shape index (κ3) is 14.2. The highest BCUT2D eigenvalue weighted by Crippen LogP contribution is 2.30. The molecule has 0 aromatic heterocycles. The van der Waals surface area contributed by atoms with E-state index in [1.165, 1.54) is 51.9 Å². The zero-order valence-corrected chi connectivity index (χ0v) is 30.3. The quantitative estimate of drug-likeness (QED) is 0.0601. The second-order valence-electron chi connectivity index (χ2n) is 10.8. The van der Waals surface area contributed by atoms with Crippen molar-refractivity contribution in [3.05, 3.63) is 89.2 Å². The second kappa shape index (κ2) is 24.6. The van der Waals surface area contributed by atoms with Crippen molar-refractivity contribution in [3.63, 3.8) is 0 Å². The molecular formula is C40H60BN3O2. The van der Waals surface area contributed by atoms with Gasteiger partial charge >= 0.3 is 0 Å². The second-order valence-corrected chi connectivity index (χ2v) is 10.8. The number of hydrogen-bond acceptors (Lipinski definition) is 4. The van der Waals surface area contributed by atoms with Crippen molar-refractivity contribution in [2.75, 3.05) is 11.4 Å². The number of benzene rings is 2. The van der Waals surface area contributed by atoms with Gasteiger partial charge in [0.1, 0.15) is 7.85 Å². The number of rotatable bonds is 13. The SMILES string of the molecule is CC.CC.CCCCCCCCC.[B]c1cc(C(=C/C=C)/N=C(/C=C(\N)C(=O)N2CCc3ccc(C(C)=O)cc32)CC)ccc1C. The number of fused-ring (bicyclic) bond motifs is 1. The molecule has 2 radical (unpaired) electrons. The molecule has 6 heteroatoms. The molecule has 46 heavy (non-hydrogen) atoms. The number of aryl methyl sites for hydroxylation is 1. The third-order valence-corrected chi connectivity index (χ3v) is 7.39. The average molecular weight is 626 g/mol. The van der Waals surface area contributed by atoms with Crippen molar-refractivity contribution >= 4 is 42.1 Å². The molecule has 1 aliphatic heterocycles. The molecule has 5 nitrogen and oxygen atoms in total. The van der Waals surface area contributed by atoms with Gasteiger partial charge in [-0.3, -0.25) is 14.6 Å². The summed E-state index contributed by atoms with van der Waals surface area (Å²) >= 11 is 0. The van der Waals surface area contributed by atoms with Gasteiger partial charge < -0.3 is 10.6 Å². The van der Waals surface area contributed by atoms with Crippen LogP contribution in [0.2, 0.25) is 0 Å². The van der Waals surface area contributed by atoms with Gasteiger partial charge in [0.2, 0.25) is 0 Å². The van der Waals surface area contributed by atoms with Crippen LogP contribution in [-0.2, 0) is 11.2 Å². The van der Waals surface area contributed by atoms with Gasteiger partial charge in [-0.05, 0) is 56.0 Å². The summed E-state index contributed by atoms with van der Waals surface area (Å²) in [5.74, 6) is -0.344. The lowest BCUT2D eigenvalue weighted by atomic mass is 9.89. The van der Waals surface area contributed by atoms with Gasteiger partial charge in [-0.15, -0.1) is 0 Å². The summed E-state index contributed by atoms with van der Waals surface area (Å²) in [5, 5.41) is 0. The Morgan fingerprint density at radius 2 is 1.52 bits per heavy atom. The number of hydrogen-bond donors (Lipinski definition) is 1. The molecule has 1 heterocycles. The number of amides is 1. The van der Waals surface area contributed by atoms with Crippen LogP contribution in [0.1, 0.15) is 134 Å². The van der Waals surface area contributed by atoms with E-state index in [-0.39, 0.29) is 17.4 Å². The summed E-state index contributed by atoms with van der Waals surface area (Å²) in [6.07, 6.45) is 16.3. The van der Waals surface area contributed by atoms with Gasteiger partial charge in [0, 0.05) is 23.5 Å². The number of Topliss-reactive ketones (excluding diaryl/α,β-unsaturated/α-hetero) is 1. The number of carbonyl (C=O) groups is 2. The van der Waals surface area contributed by atoms with Crippen LogP contribution in [0.3, 0.4) is 0 Å². The predicted molar refractivity (Wildman–Crippen MR) is 204 cm³/mol. The lowest BCUT2D eigenvalue weighted by Gasteiger charge is -2.18. The molecule has 0 aliphatic carbocycles. The summed E-state index contributed by atoms with van der Waals surface area (Å²) < 4.78 is 0. The molecule has 0 bridgehead atoms. The van der Waals surface area contributed by atoms with Gasteiger partial charge in [-0.1, -0.05) is 147 Å². The number of ketones is 1. The fraction of sp³-hybridized carbons (Fsp3) is 0.475. The molecule has 3 rings (SSSR count). The maximum absolute atomic E-state index is 13.1. The molecule has 2 aromatic carbocycles. The maximum atomic E-state index is 13.1. The summed E-state index contributed by atoms with van der Waals surface area (Å²) in [6.45, 7) is 22.2. The van der Waals surface area contributed by atoms with Gasteiger partial charge in [-0.25, -0.2) is 0 Å². The first-order chi connectivity index (χ1) is 22.2. The van der Waals surface area contributed by atoms with E-state index in [4.69, 9.17) is 18.6 Å². The van der Waals surface area contributed by atoms with Gasteiger partial charge in [0.05, 0.1) is 11.4 Å². The molecule has 2 N–H and O–H groups in total. The highest BCUT2D eigenvalue weighted by atomic mass is 16.2. The molecule has 0 spiro atoms. The predicted octanol–water partition coefficient (Wildman–Crippen LogP) is 9.61. The Labute approximate surface area is 282 Å². The Morgan fingerprint density at radius 3 is 2.04 bits per heavy atom. The van der Waals surface area contributed by atoms with Crippen LogP contribution in [0.25, 0.3) is 5.70 Å². The van der Waals surface area contributed by atoms with Crippen LogP contribution in [0, 0.1) is 6.92 Å². The summed E-state index contributed by atoms with van der Waals surface area (Å²) in [6, 6.07) is 11.2. The van der Waals surface area contributed by atoms with Crippen molar-refractivity contribution in [1.82, 2.24) is 0 Å². The molecule has 1 aliphatic rings. The Balaban J connectivity index is 0.00000133. The molecule has 0 unspecified atom stereocenters. The Morgan fingerprint density at radius 1 is 0.935 bits per heavy atom. The van der Waals surface area contributed by atoms with Crippen LogP contribution >= 0.6 is 0 Å². The fourth-order valence-corrected chi connectivity index (χ4v) is 4.71. The number of nitrogens with zero attached hydrogens (tertiary/aromatic N) is 2. The van der Waals surface area contributed by atoms with Crippen molar-refractivity contribution < 1.29 is 9.59 Å². The molecule has 250 valence electrons. The van der Waals surface area contributed by atoms with Crippen LogP contribution in [-0.4, -0.2) is 31.8 Å². The molecule has 0 saturated carbocycles. The van der Waals surface area contributed by atoms with E-state index in [0.29, 0.717) is 35.4 Å². The average Bonchev–Trinajstić information content (AvgIpc) is 3.50.